The zero-order valence-electron chi connectivity index (χ0n) is 12.3. The molecule has 3 nitrogen and oxygen atoms in total. The van der Waals surface area contributed by atoms with Gasteiger partial charge in [-0.25, -0.2) is 4.98 Å². The SMILES string of the molecule is Cc1ccc2oc(-c3nc4c(C)cc(C)cc4[nH]3)cc2c1. The molecule has 4 aromatic rings. The van der Waals surface area contributed by atoms with Crippen molar-refractivity contribution in [2.24, 2.45) is 0 Å². The highest BCUT2D eigenvalue weighted by Gasteiger charge is 2.12. The molecule has 0 amide bonds. The van der Waals surface area contributed by atoms with Crippen LogP contribution in [0.4, 0.5) is 0 Å². The van der Waals surface area contributed by atoms with E-state index in [2.05, 4.69) is 50.0 Å². The number of benzene rings is 2. The van der Waals surface area contributed by atoms with Gasteiger partial charge in [0.15, 0.2) is 11.6 Å². The number of aromatic nitrogens is 2. The summed E-state index contributed by atoms with van der Waals surface area (Å²) in [6.07, 6.45) is 0. The number of rotatable bonds is 1. The Bertz CT molecular complexity index is 976. The molecule has 2 heterocycles. The number of nitrogens with zero attached hydrogens (tertiary/aromatic N) is 1. The minimum atomic E-state index is 0.781. The molecule has 0 bridgehead atoms. The zero-order valence-corrected chi connectivity index (χ0v) is 12.3. The molecule has 4 rings (SSSR count). The second kappa shape index (κ2) is 4.22. The summed E-state index contributed by atoms with van der Waals surface area (Å²) in [6, 6.07) is 12.5. The van der Waals surface area contributed by atoms with Crippen LogP contribution in [-0.4, -0.2) is 9.97 Å². The number of aromatic amines is 1. The van der Waals surface area contributed by atoms with Crippen LogP contribution in [0.15, 0.2) is 40.8 Å². The second-order valence-electron chi connectivity index (χ2n) is 5.72. The smallest absolute Gasteiger partial charge is 0.174 e. The molecule has 0 aliphatic carbocycles. The average molecular weight is 276 g/mol. The van der Waals surface area contributed by atoms with Crippen molar-refractivity contribution in [3.05, 3.63) is 53.1 Å². The molecule has 0 saturated carbocycles. The van der Waals surface area contributed by atoms with Crippen LogP contribution in [0.5, 0.6) is 0 Å². The van der Waals surface area contributed by atoms with Crippen molar-refractivity contribution in [2.75, 3.05) is 0 Å². The van der Waals surface area contributed by atoms with E-state index < -0.39 is 0 Å². The topological polar surface area (TPSA) is 41.8 Å². The van der Waals surface area contributed by atoms with Crippen molar-refractivity contribution in [2.45, 2.75) is 20.8 Å². The van der Waals surface area contributed by atoms with Crippen LogP contribution < -0.4 is 0 Å². The molecule has 21 heavy (non-hydrogen) atoms. The van der Waals surface area contributed by atoms with Gasteiger partial charge >= 0.3 is 0 Å². The summed E-state index contributed by atoms with van der Waals surface area (Å²) in [6.45, 7) is 6.26. The molecule has 104 valence electrons. The lowest BCUT2D eigenvalue weighted by Gasteiger charge is -1.96. The molecular weight excluding hydrogens is 260 g/mol. The predicted molar refractivity (Wildman–Crippen MR) is 85.5 cm³/mol. The molecule has 0 radical (unpaired) electrons. The van der Waals surface area contributed by atoms with Crippen LogP contribution in [0.1, 0.15) is 16.7 Å². The summed E-state index contributed by atoms with van der Waals surface area (Å²) < 4.78 is 5.91. The maximum atomic E-state index is 5.91. The molecule has 0 aliphatic rings. The maximum absolute atomic E-state index is 5.91. The molecule has 1 N–H and O–H groups in total. The van der Waals surface area contributed by atoms with Crippen molar-refractivity contribution < 1.29 is 4.42 Å². The van der Waals surface area contributed by atoms with E-state index in [-0.39, 0.29) is 0 Å². The zero-order chi connectivity index (χ0) is 14.6. The first-order chi connectivity index (χ1) is 10.1. The van der Waals surface area contributed by atoms with E-state index in [9.17, 15) is 0 Å². The Hall–Kier alpha value is -2.55. The summed E-state index contributed by atoms with van der Waals surface area (Å²) in [5.41, 5.74) is 6.59. The number of furan rings is 1. The molecule has 2 aromatic heterocycles. The number of imidazole rings is 1. The van der Waals surface area contributed by atoms with E-state index in [0.29, 0.717) is 0 Å². The fourth-order valence-corrected chi connectivity index (χ4v) is 2.87. The van der Waals surface area contributed by atoms with Gasteiger partial charge in [0.2, 0.25) is 0 Å². The van der Waals surface area contributed by atoms with Gasteiger partial charge in [-0.1, -0.05) is 17.7 Å². The van der Waals surface area contributed by atoms with Crippen molar-refractivity contribution in [1.82, 2.24) is 9.97 Å². The van der Waals surface area contributed by atoms with Crippen LogP contribution >= 0.6 is 0 Å². The van der Waals surface area contributed by atoms with E-state index in [4.69, 9.17) is 9.40 Å². The van der Waals surface area contributed by atoms with Crippen molar-refractivity contribution in [3.8, 4) is 11.6 Å². The number of hydrogen-bond acceptors (Lipinski definition) is 2. The summed E-state index contributed by atoms with van der Waals surface area (Å²) in [7, 11) is 0. The van der Waals surface area contributed by atoms with Gasteiger partial charge in [-0.15, -0.1) is 0 Å². The molecular formula is C18H16N2O. The second-order valence-corrected chi connectivity index (χ2v) is 5.72. The third kappa shape index (κ3) is 1.93. The lowest BCUT2D eigenvalue weighted by molar-refractivity contribution is 0.626. The van der Waals surface area contributed by atoms with E-state index in [1.54, 1.807) is 0 Å². The van der Waals surface area contributed by atoms with Gasteiger partial charge < -0.3 is 9.40 Å². The lowest BCUT2D eigenvalue weighted by Crippen LogP contribution is -1.79. The van der Waals surface area contributed by atoms with Crippen LogP contribution in [0, 0.1) is 20.8 Å². The Labute approximate surface area is 122 Å². The Morgan fingerprint density at radius 2 is 1.81 bits per heavy atom. The fourth-order valence-electron chi connectivity index (χ4n) is 2.87. The number of H-pyrrole nitrogens is 1. The molecule has 0 aliphatic heterocycles. The van der Waals surface area contributed by atoms with Gasteiger partial charge in [-0.05, 0) is 56.2 Å². The molecule has 0 spiro atoms. The van der Waals surface area contributed by atoms with Gasteiger partial charge in [0.1, 0.15) is 5.58 Å². The number of hydrogen-bond donors (Lipinski definition) is 1. The van der Waals surface area contributed by atoms with Crippen LogP contribution in [-0.2, 0) is 0 Å². The highest BCUT2D eigenvalue weighted by molar-refractivity contribution is 5.86. The summed E-state index contributed by atoms with van der Waals surface area (Å²) in [5, 5.41) is 1.11. The summed E-state index contributed by atoms with van der Waals surface area (Å²) in [5.74, 6) is 1.57. The molecule has 0 fully saturated rings. The van der Waals surface area contributed by atoms with Gasteiger partial charge in [-0.2, -0.15) is 0 Å². The largest absolute Gasteiger partial charge is 0.453 e. The first-order valence-electron chi connectivity index (χ1n) is 7.08. The standard InChI is InChI=1S/C18H16N2O/c1-10-4-5-15-13(7-10)9-16(21-15)18-19-14-8-11(2)6-12(3)17(14)20-18/h4-9H,1-3H3,(H,19,20). The van der Waals surface area contributed by atoms with Gasteiger partial charge in [-0.3, -0.25) is 0 Å². The Morgan fingerprint density at radius 1 is 0.952 bits per heavy atom. The van der Waals surface area contributed by atoms with E-state index in [1.165, 1.54) is 16.7 Å². The van der Waals surface area contributed by atoms with Crippen LogP contribution in [0.25, 0.3) is 33.6 Å². The Morgan fingerprint density at radius 3 is 2.67 bits per heavy atom. The van der Waals surface area contributed by atoms with E-state index in [1.807, 2.05) is 12.1 Å². The lowest BCUT2D eigenvalue weighted by atomic mass is 10.1. The first-order valence-corrected chi connectivity index (χ1v) is 7.08. The molecule has 0 unspecified atom stereocenters. The molecule has 0 saturated heterocycles. The number of aryl methyl sites for hydroxylation is 3. The highest BCUT2D eigenvalue weighted by Crippen LogP contribution is 2.29. The Balaban J connectivity index is 1.93. The average Bonchev–Trinajstić information content (AvgIpc) is 3.01. The number of nitrogens with one attached hydrogen (secondary N) is 1. The molecule has 0 atom stereocenters. The van der Waals surface area contributed by atoms with E-state index >= 15 is 0 Å². The van der Waals surface area contributed by atoms with Gasteiger partial charge in [0, 0.05) is 5.39 Å². The van der Waals surface area contributed by atoms with Crippen molar-refractivity contribution in [1.29, 1.82) is 0 Å². The molecule has 2 aromatic carbocycles. The summed E-state index contributed by atoms with van der Waals surface area (Å²) >= 11 is 0. The van der Waals surface area contributed by atoms with Crippen molar-refractivity contribution in [3.63, 3.8) is 0 Å². The quantitative estimate of drug-likeness (QED) is 0.537. The predicted octanol–water partition coefficient (Wildman–Crippen LogP) is 4.90. The first kappa shape index (κ1) is 12.2. The minimum Gasteiger partial charge on any atom is -0.453 e. The van der Waals surface area contributed by atoms with E-state index in [0.717, 1.165) is 33.6 Å². The maximum Gasteiger partial charge on any atom is 0.174 e. The summed E-state index contributed by atoms with van der Waals surface area (Å²) in [4.78, 5) is 8.06. The fraction of sp³-hybridized carbons (Fsp3) is 0.167. The number of fused-ring (bicyclic) bond motifs is 2. The third-order valence-electron chi connectivity index (χ3n) is 3.83. The van der Waals surface area contributed by atoms with Gasteiger partial charge in [0.25, 0.3) is 0 Å². The normalized spacial score (nSPS) is 11.6. The third-order valence-corrected chi connectivity index (χ3v) is 3.83. The molecule has 3 heteroatoms. The van der Waals surface area contributed by atoms with Gasteiger partial charge in [0.05, 0.1) is 11.0 Å². The minimum absolute atomic E-state index is 0.781. The monoisotopic (exact) mass is 276 g/mol. The highest BCUT2D eigenvalue weighted by atomic mass is 16.3. The van der Waals surface area contributed by atoms with Crippen LogP contribution in [0.3, 0.4) is 0 Å². The van der Waals surface area contributed by atoms with Crippen LogP contribution in [0.2, 0.25) is 0 Å². The Kier molecular flexibility index (Phi) is 2.45. The van der Waals surface area contributed by atoms with Crippen molar-refractivity contribution >= 4 is 22.0 Å².